The summed E-state index contributed by atoms with van der Waals surface area (Å²) in [6, 6.07) is 0. The van der Waals surface area contributed by atoms with Gasteiger partial charge in [-0.2, -0.15) is 5.10 Å². The molecule has 1 fully saturated rings. The molecule has 0 saturated carbocycles. The number of aromatic nitrogens is 2. The summed E-state index contributed by atoms with van der Waals surface area (Å²) in [7, 11) is 0. The lowest BCUT2D eigenvalue weighted by Crippen LogP contribution is -2.35. The Morgan fingerprint density at radius 2 is 2.12 bits per heavy atom. The summed E-state index contributed by atoms with van der Waals surface area (Å²) in [6.45, 7) is 6.84. The molecule has 0 bridgehead atoms. The Kier molecular flexibility index (Phi) is 3.83. The normalized spacial score (nSPS) is 19.1. The number of rotatable bonds is 4. The summed E-state index contributed by atoms with van der Waals surface area (Å²) < 4.78 is 1.93. The van der Waals surface area contributed by atoms with Gasteiger partial charge in [-0.1, -0.05) is 13.3 Å². The molecule has 1 aliphatic rings. The summed E-state index contributed by atoms with van der Waals surface area (Å²) in [4.78, 5) is 2.53. The molecule has 4 nitrogen and oxygen atoms in total. The molecular weight excluding hydrogens is 200 g/mol. The van der Waals surface area contributed by atoms with E-state index in [-0.39, 0.29) is 0 Å². The molecule has 0 aromatic carbocycles. The Morgan fingerprint density at radius 1 is 1.38 bits per heavy atom. The molecule has 90 valence electrons. The second kappa shape index (κ2) is 5.34. The fourth-order valence-electron chi connectivity index (χ4n) is 2.36. The SMILES string of the molecule is CCC1CCN(CCn2cc(N)cn2)CC1. The van der Waals surface area contributed by atoms with Gasteiger partial charge in [0, 0.05) is 12.7 Å². The molecule has 0 atom stereocenters. The van der Waals surface area contributed by atoms with E-state index in [1.165, 1.54) is 32.4 Å². The fourth-order valence-corrected chi connectivity index (χ4v) is 2.36. The maximum atomic E-state index is 5.63. The highest BCUT2D eigenvalue weighted by Crippen LogP contribution is 2.19. The van der Waals surface area contributed by atoms with Gasteiger partial charge in [-0.15, -0.1) is 0 Å². The van der Waals surface area contributed by atoms with Gasteiger partial charge < -0.3 is 10.6 Å². The van der Waals surface area contributed by atoms with E-state index < -0.39 is 0 Å². The lowest BCUT2D eigenvalue weighted by Gasteiger charge is -2.31. The van der Waals surface area contributed by atoms with Gasteiger partial charge in [0.2, 0.25) is 0 Å². The minimum absolute atomic E-state index is 0.754. The number of nitrogens with zero attached hydrogens (tertiary/aromatic N) is 3. The molecule has 0 amide bonds. The van der Waals surface area contributed by atoms with Crippen molar-refractivity contribution in [3.8, 4) is 0 Å². The largest absolute Gasteiger partial charge is 0.396 e. The molecule has 0 aliphatic carbocycles. The summed E-state index contributed by atoms with van der Waals surface area (Å²) in [5, 5.41) is 4.20. The molecule has 1 aromatic heterocycles. The first-order chi connectivity index (χ1) is 7.78. The van der Waals surface area contributed by atoms with Gasteiger partial charge >= 0.3 is 0 Å². The van der Waals surface area contributed by atoms with Crippen LogP contribution in [0.25, 0.3) is 0 Å². The Labute approximate surface area is 97.4 Å². The summed E-state index contributed by atoms with van der Waals surface area (Å²) in [5.74, 6) is 0.955. The second-order valence-corrected chi connectivity index (χ2v) is 4.73. The monoisotopic (exact) mass is 222 g/mol. The number of hydrogen-bond acceptors (Lipinski definition) is 3. The van der Waals surface area contributed by atoms with Crippen LogP contribution in [0.15, 0.2) is 12.4 Å². The van der Waals surface area contributed by atoms with Crippen LogP contribution < -0.4 is 5.73 Å². The van der Waals surface area contributed by atoms with Crippen LogP contribution in [0.1, 0.15) is 26.2 Å². The van der Waals surface area contributed by atoms with Crippen molar-refractivity contribution in [1.82, 2.24) is 14.7 Å². The molecule has 0 unspecified atom stereocenters. The number of anilines is 1. The number of hydrogen-bond donors (Lipinski definition) is 1. The summed E-state index contributed by atoms with van der Waals surface area (Å²) >= 11 is 0. The third kappa shape index (κ3) is 2.98. The Bertz CT molecular complexity index is 313. The zero-order valence-electron chi connectivity index (χ0n) is 10.1. The molecule has 0 radical (unpaired) electrons. The third-order valence-corrected chi connectivity index (χ3v) is 3.58. The third-order valence-electron chi connectivity index (χ3n) is 3.58. The maximum Gasteiger partial charge on any atom is 0.0719 e. The quantitative estimate of drug-likeness (QED) is 0.841. The van der Waals surface area contributed by atoms with Crippen molar-refractivity contribution in [2.45, 2.75) is 32.7 Å². The van der Waals surface area contributed by atoms with Gasteiger partial charge in [0.25, 0.3) is 0 Å². The van der Waals surface area contributed by atoms with Crippen LogP contribution in [0.3, 0.4) is 0 Å². The van der Waals surface area contributed by atoms with Gasteiger partial charge in [-0.05, 0) is 31.8 Å². The van der Waals surface area contributed by atoms with Gasteiger partial charge in [-0.25, -0.2) is 0 Å². The highest BCUT2D eigenvalue weighted by Gasteiger charge is 2.17. The van der Waals surface area contributed by atoms with Crippen molar-refractivity contribution in [2.75, 3.05) is 25.4 Å². The highest BCUT2D eigenvalue weighted by atomic mass is 15.3. The van der Waals surface area contributed by atoms with Crippen LogP contribution in [0, 0.1) is 5.92 Å². The van der Waals surface area contributed by atoms with E-state index in [4.69, 9.17) is 5.73 Å². The van der Waals surface area contributed by atoms with Crippen molar-refractivity contribution >= 4 is 5.69 Å². The molecule has 2 heterocycles. The predicted molar refractivity (Wildman–Crippen MR) is 66.1 cm³/mol. The molecule has 1 aromatic rings. The van der Waals surface area contributed by atoms with Crippen LogP contribution in [-0.2, 0) is 6.54 Å². The molecule has 4 heteroatoms. The van der Waals surface area contributed by atoms with Crippen molar-refractivity contribution in [3.63, 3.8) is 0 Å². The van der Waals surface area contributed by atoms with E-state index >= 15 is 0 Å². The van der Waals surface area contributed by atoms with E-state index in [0.717, 1.165) is 24.7 Å². The number of nitrogens with two attached hydrogens (primary N) is 1. The topological polar surface area (TPSA) is 47.1 Å². The summed E-state index contributed by atoms with van der Waals surface area (Å²) in [6.07, 6.45) is 7.67. The zero-order chi connectivity index (χ0) is 11.4. The number of likely N-dealkylation sites (tertiary alicyclic amines) is 1. The Morgan fingerprint density at radius 3 is 2.69 bits per heavy atom. The summed E-state index contributed by atoms with van der Waals surface area (Å²) in [5.41, 5.74) is 6.38. The smallest absolute Gasteiger partial charge is 0.0719 e. The van der Waals surface area contributed by atoms with Gasteiger partial charge in [0.05, 0.1) is 18.4 Å². The van der Waals surface area contributed by atoms with Crippen molar-refractivity contribution in [3.05, 3.63) is 12.4 Å². The zero-order valence-corrected chi connectivity index (χ0v) is 10.1. The van der Waals surface area contributed by atoms with E-state index in [9.17, 15) is 0 Å². The average Bonchev–Trinajstić information content (AvgIpc) is 2.73. The van der Waals surface area contributed by atoms with E-state index in [0.29, 0.717) is 0 Å². The maximum absolute atomic E-state index is 5.63. The van der Waals surface area contributed by atoms with Crippen LogP contribution in [0.4, 0.5) is 5.69 Å². The minimum Gasteiger partial charge on any atom is -0.396 e. The molecule has 2 rings (SSSR count). The van der Waals surface area contributed by atoms with Crippen molar-refractivity contribution in [2.24, 2.45) is 5.92 Å². The van der Waals surface area contributed by atoms with Crippen LogP contribution >= 0.6 is 0 Å². The molecule has 1 saturated heterocycles. The molecule has 2 N–H and O–H groups in total. The second-order valence-electron chi connectivity index (χ2n) is 4.73. The number of piperidine rings is 1. The van der Waals surface area contributed by atoms with Gasteiger partial charge in [0.15, 0.2) is 0 Å². The van der Waals surface area contributed by atoms with Crippen molar-refractivity contribution in [1.29, 1.82) is 0 Å². The Balaban J connectivity index is 1.71. The van der Waals surface area contributed by atoms with E-state index in [1.54, 1.807) is 6.20 Å². The molecule has 0 spiro atoms. The molecule has 16 heavy (non-hydrogen) atoms. The highest BCUT2D eigenvalue weighted by molar-refractivity contribution is 5.30. The standard InChI is InChI=1S/C12H22N4/c1-2-11-3-5-15(6-4-11)7-8-16-10-12(13)9-14-16/h9-11H,2-8,13H2,1H3. The lowest BCUT2D eigenvalue weighted by atomic mass is 9.94. The van der Waals surface area contributed by atoms with Crippen LogP contribution in [0.5, 0.6) is 0 Å². The average molecular weight is 222 g/mol. The van der Waals surface area contributed by atoms with Crippen LogP contribution in [-0.4, -0.2) is 34.3 Å². The van der Waals surface area contributed by atoms with Gasteiger partial charge in [-0.3, -0.25) is 4.68 Å². The predicted octanol–water partition coefficient (Wildman–Crippen LogP) is 1.59. The molecule has 1 aliphatic heterocycles. The fraction of sp³-hybridized carbons (Fsp3) is 0.750. The first-order valence-electron chi connectivity index (χ1n) is 6.28. The molecular formula is C12H22N4. The van der Waals surface area contributed by atoms with Gasteiger partial charge in [0.1, 0.15) is 0 Å². The number of nitrogen functional groups attached to an aromatic ring is 1. The minimum atomic E-state index is 0.754. The first-order valence-corrected chi connectivity index (χ1v) is 6.28. The van der Waals surface area contributed by atoms with Crippen LogP contribution in [0.2, 0.25) is 0 Å². The first kappa shape index (κ1) is 11.5. The van der Waals surface area contributed by atoms with E-state index in [1.807, 2.05) is 10.9 Å². The van der Waals surface area contributed by atoms with Crippen molar-refractivity contribution < 1.29 is 0 Å². The van der Waals surface area contributed by atoms with E-state index in [2.05, 4.69) is 16.9 Å². The Hall–Kier alpha value is -1.03. The lowest BCUT2D eigenvalue weighted by molar-refractivity contribution is 0.174.